The van der Waals surface area contributed by atoms with Crippen molar-refractivity contribution >= 4 is 17.2 Å². The smallest absolute Gasteiger partial charge is 0.150 e. The van der Waals surface area contributed by atoms with E-state index in [1.165, 1.54) is 30.2 Å². The van der Waals surface area contributed by atoms with Crippen molar-refractivity contribution in [2.24, 2.45) is 0 Å². The second kappa shape index (κ2) is 4.97. The van der Waals surface area contributed by atoms with Gasteiger partial charge in [-0.15, -0.1) is 0 Å². The zero-order valence-corrected chi connectivity index (χ0v) is 9.65. The lowest BCUT2D eigenvalue weighted by Crippen LogP contribution is -1.96. The van der Waals surface area contributed by atoms with Crippen molar-refractivity contribution in [2.75, 3.05) is 0 Å². The molecule has 0 N–H and O–H groups in total. The van der Waals surface area contributed by atoms with Crippen molar-refractivity contribution in [1.82, 2.24) is 4.57 Å². The number of unbranched alkanes of at least 4 members (excludes halogenated alkanes) is 2. The van der Waals surface area contributed by atoms with Crippen molar-refractivity contribution in [3.63, 3.8) is 0 Å². The molecule has 0 fully saturated rings. The maximum atomic E-state index is 10.7. The third-order valence-electron chi connectivity index (χ3n) is 2.94. The minimum absolute atomic E-state index is 0.753. The number of hydrogen-bond donors (Lipinski definition) is 0. The van der Waals surface area contributed by atoms with E-state index >= 15 is 0 Å². The molecule has 0 amide bonds. The number of aryl methyl sites for hydroxylation is 1. The molecule has 2 aromatic rings. The van der Waals surface area contributed by atoms with Gasteiger partial charge in [-0.2, -0.15) is 0 Å². The summed E-state index contributed by atoms with van der Waals surface area (Å²) in [6, 6.07) is 7.95. The van der Waals surface area contributed by atoms with Gasteiger partial charge in [0.15, 0.2) is 0 Å². The summed E-state index contributed by atoms with van der Waals surface area (Å²) in [5.74, 6) is 0. The normalized spacial score (nSPS) is 10.8. The minimum atomic E-state index is 0.753. The van der Waals surface area contributed by atoms with Crippen LogP contribution in [0.4, 0.5) is 0 Å². The summed E-state index contributed by atoms with van der Waals surface area (Å²) >= 11 is 0. The van der Waals surface area contributed by atoms with Gasteiger partial charge >= 0.3 is 0 Å². The lowest BCUT2D eigenvalue weighted by atomic mass is 10.2. The van der Waals surface area contributed by atoms with E-state index < -0.39 is 0 Å². The molecule has 0 radical (unpaired) electrons. The molecular weight excluding hydrogens is 198 g/mol. The Labute approximate surface area is 95.9 Å². The van der Waals surface area contributed by atoms with Gasteiger partial charge in [0.2, 0.25) is 0 Å². The van der Waals surface area contributed by atoms with E-state index in [0.29, 0.717) is 0 Å². The van der Waals surface area contributed by atoms with Crippen LogP contribution in [0, 0.1) is 0 Å². The molecule has 16 heavy (non-hydrogen) atoms. The van der Waals surface area contributed by atoms with Crippen molar-refractivity contribution < 1.29 is 4.79 Å². The van der Waals surface area contributed by atoms with Crippen LogP contribution in [-0.4, -0.2) is 10.9 Å². The van der Waals surface area contributed by atoms with Crippen LogP contribution in [0.5, 0.6) is 0 Å². The molecule has 0 saturated carbocycles. The largest absolute Gasteiger partial charge is 0.347 e. The highest BCUT2D eigenvalue weighted by molar-refractivity contribution is 5.87. The molecule has 0 saturated heterocycles. The standard InChI is InChI=1S/C14H17NO/c1-2-3-4-8-15-9-7-13-6-5-12(11-16)10-14(13)15/h5-7,9-11H,2-4,8H2,1H3. The number of fused-ring (bicyclic) bond motifs is 1. The Morgan fingerprint density at radius 3 is 2.88 bits per heavy atom. The van der Waals surface area contributed by atoms with Crippen molar-refractivity contribution in [2.45, 2.75) is 32.7 Å². The first-order valence-corrected chi connectivity index (χ1v) is 5.89. The highest BCUT2D eigenvalue weighted by Crippen LogP contribution is 2.17. The Bertz CT molecular complexity index is 484. The molecule has 1 aromatic carbocycles. The SMILES string of the molecule is CCCCCn1ccc2ccc(C=O)cc21. The molecule has 0 unspecified atom stereocenters. The monoisotopic (exact) mass is 215 g/mol. The third-order valence-corrected chi connectivity index (χ3v) is 2.94. The third kappa shape index (κ3) is 2.16. The first kappa shape index (κ1) is 10.9. The minimum Gasteiger partial charge on any atom is -0.347 e. The van der Waals surface area contributed by atoms with Crippen LogP contribution in [0.3, 0.4) is 0 Å². The van der Waals surface area contributed by atoms with Crippen LogP contribution in [-0.2, 0) is 6.54 Å². The molecule has 1 heterocycles. The number of benzene rings is 1. The fraction of sp³-hybridized carbons (Fsp3) is 0.357. The van der Waals surface area contributed by atoms with Crippen LogP contribution in [0.15, 0.2) is 30.5 Å². The summed E-state index contributed by atoms with van der Waals surface area (Å²) in [6.45, 7) is 3.25. The lowest BCUT2D eigenvalue weighted by molar-refractivity contribution is 0.112. The fourth-order valence-electron chi connectivity index (χ4n) is 2.00. The second-order valence-electron chi connectivity index (χ2n) is 4.15. The van der Waals surface area contributed by atoms with Gasteiger partial charge in [0.05, 0.1) is 0 Å². The van der Waals surface area contributed by atoms with Crippen molar-refractivity contribution in [3.8, 4) is 0 Å². The average molecular weight is 215 g/mol. The second-order valence-corrected chi connectivity index (χ2v) is 4.15. The van der Waals surface area contributed by atoms with Crippen LogP contribution < -0.4 is 0 Å². The molecule has 0 bridgehead atoms. The molecule has 0 atom stereocenters. The summed E-state index contributed by atoms with van der Waals surface area (Å²) < 4.78 is 2.23. The van der Waals surface area contributed by atoms with E-state index in [9.17, 15) is 4.79 Å². The predicted octanol–water partition coefficient (Wildman–Crippen LogP) is 3.64. The average Bonchev–Trinajstić information content (AvgIpc) is 2.72. The van der Waals surface area contributed by atoms with Crippen LogP contribution in [0.2, 0.25) is 0 Å². The number of rotatable bonds is 5. The molecular formula is C14H17NO. The maximum Gasteiger partial charge on any atom is 0.150 e. The van der Waals surface area contributed by atoms with Gasteiger partial charge in [0, 0.05) is 23.8 Å². The van der Waals surface area contributed by atoms with Crippen LogP contribution >= 0.6 is 0 Å². The van der Waals surface area contributed by atoms with Gasteiger partial charge in [-0.25, -0.2) is 0 Å². The molecule has 2 heteroatoms. The number of hydrogen-bond acceptors (Lipinski definition) is 1. The lowest BCUT2D eigenvalue weighted by Gasteiger charge is -2.04. The van der Waals surface area contributed by atoms with E-state index in [-0.39, 0.29) is 0 Å². The molecule has 1 aromatic heterocycles. The topological polar surface area (TPSA) is 22.0 Å². The molecule has 0 aliphatic heterocycles. The van der Waals surface area contributed by atoms with Crippen LogP contribution in [0.25, 0.3) is 10.9 Å². The number of aromatic nitrogens is 1. The van der Waals surface area contributed by atoms with E-state index in [1.54, 1.807) is 0 Å². The molecule has 0 spiro atoms. The van der Waals surface area contributed by atoms with Gasteiger partial charge in [0.1, 0.15) is 6.29 Å². The molecule has 84 valence electrons. The number of nitrogens with zero attached hydrogens (tertiary/aromatic N) is 1. The summed E-state index contributed by atoms with van der Waals surface area (Å²) in [7, 11) is 0. The van der Waals surface area contributed by atoms with Crippen LogP contribution in [0.1, 0.15) is 36.5 Å². The molecule has 2 nitrogen and oxygen atoms in total. The number of aldehydes is 1. The summed E-state index contributed by atoms with van der Waals surface area (Å²) in [5.41, 5.74) is 1.92. The zero-order chi connectivity index (χ0) is 11.4. The van der Waals surface area contributed by atoms with E-state index in [0.717, 1.165) is 18.4 Å². The Morgan fingerprint density at radius 2 is 2.12 bits per heavy atom. The van der Waals surface area contributed by atoms with E-state index in [1.807, 2.05) is 18.2 Å². The molecule has 2 rings (SSSR count). The summed E-state index contributed by atoms with van der Waals surface area (Å²) in [5, 5.41) is 1.21. The zero-order valence-electron chi connectivity index (χ0n) is 9.65. The Morgan fingerprint density at radius 1 is 1.25 bits per heavy atom. The van der Waals surface area contributed by atoms with Gasteiger partial charge in [-0.05, 0) is 23.9 Å². The van der Waals surface area contributed by atoms with E-state index in [2.05, 4.69) is 23.8 Å². The van der Waals surface area contributed by atoms with E-state index in [4.69, 9.17) is 0 Å². The van der Waals surface area contributed by atoms with Gasteiger partial charge in [0.25, 0.3) is 0 Å². The van der Waals surface area contributed by atoms with Crippen molar-refractivity contribution in [1.29, 1.82) is 0 Å². The fourth-order valence-corrected chi connectivity index (χ4v) is 2.00. The van der Waals surface area contributed by atoms with Gasteiger partial charge in [-0.1, -0.05) is 31.9 Å². The highest BCUT2D eigenvalue weighted by Gasteiger charge is 2.01. The molecule has 0 aliphatic rings. The van der Waals surface area contributed by atoms with Gasteiger partial charge in [-0.3, -0.25) is 4.79 Å². The Kier molecular flexibility index (Phi) is 3.40. The Balaban J connectivity index is 2.27. The Hall–Kier alpha value is -1.57. The maximum absolute atomic E-state index is 10.7. The van der Waals surface area contributed by atoms with Gasteiger partial charge < -0.3 is 4.57 Å². The predicted molar refractivity (Wildman–Crippen MR) is 66.9 cm³/mol. The summed E-state index contributed by atoms with van der Waals surface area (Å²) in [6.07, 6.45) is 6.70. The first-order valence-electron chi connectivity index (χ1n) is 5.89. The first-order chi connectivity index (χ1) is 7.85. The number of carbonyl (C=O) groups is 1. The quantitative estimate of drug-likeness (QED) is 0.551. The van der Waals surface area contributed by atoms with Crippen molar-refractivity contribution in [3.05, 3.63) is 36.0 Å². The molecule has 0 aliphatic carbocycles. The summed E-state index contributed by atoms with van der Waals surface area (Å²) in [4.78, 5) is 10.7. The highest BCUT2D eigenvalue weighted by atomic mass is 16.1. The number of carbonyl (C=O) groups excluding carboxylic acids is 1.